The predicted octanol–water partition coefficient (Wildman–Crippen LogP) is 4.36. The summed E-state index contributed by atoms with van der Waals surface area (Å²) in [6.45, 7) is 0. The van der Waals surface area contributed by atoms with Crippen molar-refractivity contribution in [2.75, 3.05) is 25.3 Å². The van der Waals surface area contributed by atoms with E-state index in [1.54, 1.807) is 68.8 Å². The Morgan fingerprint density at radius 1 is 0.912 bits per heavy atom. The fraction of sp³-hybridized carbons (Fsp3) is 0.185. The van der Waals surface area contributed by atoms with Crippen LogP contribution in [0.2, 0.25) is 0 Å². The number of carbonyl (C=O) groups is 2. The van der Waals surface area contributed by atoms with Crippen LogP contribution in [0.1, 0.15) is 34.3 Å². The van der Waals surface area contributed by atoms with Crippen molar-refractivity contribution in [1.82, 2.24) is 5.32 Å². The summed E-state index contributed by atoms with van der Waals surface area (Å²) in [6.07, 6.45) is 3.78. The van der Waals surface area contributed by atoms with E-state index in [0.717, 1.165) is 18.4 Å². The van der Waals surface area contributed by atoms with Gasteiger partial charge in [-0.25, -0.2) is 0 Å². The molecule has 4 rings (SSSR count). The number of methoxy groups -OCH3 is 2. The van der Waals surface area contributed by atoms with Gasteiger partial charge in [-0.05, 0) is 66.4 Å². The van der Waals surface area contributed by atoms with Crippen molar-refractivity contribution in [3.63, 3.8) is 0 Å². The monoisotopic (exact) mass is 457 g/mol. The lowest BCUT2D eigenvalue weighted by Gasteiger charge is -2.13. The Morgan fingerprint density at radius 2 is 1.59 bits per heavy atom. The minimum Gasteiger partial charge on any atom is -0.493 e. The summed E-state index contributed by atoms with van der Waals surface area (Å²) >= 11 is 0. The smallest absolute Gasteiger partial charge is 0.255 e. The van der Waals surface area contributed by atoms with Crippen LogP contribution in [-0.2, 0) is 4.79 Å². The van der Waals surface area contributed by atoms with E-state index >= 15 is 0 Å². The lowest BCUT2D eigenvalue weighted by Crippen LogP contribution is -2.26. The number of rotatable bonds is 8. The van der Waals surface area contributed by atoms with E-state index < -0.39 is 0 Å². The molecule has 1 aliphatic rings. The normalized spacial score (nSPS) is 13.2. The van der Waals surface area contributed by atoms with Crippen molar-refractivity contribution in [3.05, 3.63) is 83.4 Å². The zero-order valence-electron chi connectivity index (χ0n) is 19.1. The van der Waals surface area contributed by atoms with Gasteiger partial charge >= 0.3 is 0 Å². The molecule has 0 heterocycles. The van der Waals surface area contributed by atoms with E-state index in [-0.39, 0.29) is 17.9 Å². The molecule has 34 heavy (non-hydrogen) atoms. The Morgan fingerprint density at radius 3 is 2.24 bits per heavy atom. The molecule has 4 N–H and O–H groups in total. The average molecular weight is 458 g/mol. The largest absolute Gasteiger partial charge is 0.493 e. The number of nitrogens with one attached hydrogen (secondary N) is 2. The van der Waals surface area contributed by atoms with E-state index in [4.69, 9.17) is 15.2 Å². The molecule has 0 spiro atoms. The molecule has 1 fully saturated rings. The number of carbonyl (C=O) groups excluding carboxylic acids is 2. The number of ether oxygens (including phenoxy) is 2. The fourth-order valence-electron chi connectivity index (χ4n) is 3.48. The minimum atomic E-state index is -0.264. The molecule has 3 aromatic rings. The van der Waals surface area contributed by atoms with E-state index in [2.05, 4.69) is 10.6 Å². The predicted molar refractivity (Wildman–Crippen MR) is 134 cm³/mol. The van der Waals surface area contributed by atoms with Gasteiger partial charge in [0.25, 0.3) is 11.8 Å². The average Bonchev–Trinajstić information content (AvgIpc) is 3.67. The number of nitrogens with two attached hydrogens (primary N) is 1. The van der Waals surface area contributed by atoms with Crippen LogP contribution in [0.4, 0.5) is 11.4 Å². The third-order valence-electron chi connectivity index (χ3n) is 5.54. The highest BCUT2D eigenvalue weighted by atomic mass is 16.5. The van der Waals surface area contributed by atoms with Crippen LogP contribution >= 0.6 is 0 Å². The maximum absolute atomic E-state index is 13.0. The van der Waals surface area contributed by atoms with Gasteiger partial charge < -0.3 is 25.8 Å². The summed E-state index contributed by atoms with van der Waals surface area (Å²) in [7, 11) is 3.13. The highest BCUT2D eigenvalue weighted by molar-refractivity contribution is 6.24. The zero-order chi connectivity index (χ0) is 24.1. The highest BCUT2D eigenvalue weighted by Crippen LogP contribution is 2.32. The van der Waals surface area contributed by atoms with Crippen LogP contribution in [0.15, 0.2) is 66.7 Å². The third-order valence-corrected chi connectivity index (χ3v) is 5.54. The molecule has 3 aromatic carbocycles. The molecule has 0 saturated heterocycles. The first-order valence-electron chi connectivity index (χ1n) is 11.0. The lowest BCUT2D eigenvalue weighted by molar-refractivity contribution is -0.115. The van der Waals surface area contributed by atoms with Gasteiger partial charge in [0, 0.05) is 17.2 Å². The number of hydrogen-bond acceptors (Lipinski definition) is 5. The molecule has 174 valence electrons. The molecule has 0 unspecified atom stereocenters. The number of nitrogen functional groups attached to an aromatic ring is 1. The molecule has 0 bridgehead atoms. The Hall–Kier alpha value is -4.26. The van der Waals surface area contributed by atoms with Gasteiger partial charge in [0.05, 0.1) is 25.6 Å². The minimum absolute atomic E-state index is 0.156. The molecule has 1 aliphatic carbocycles. The van der Waals surface area contributed by atoms with Gasteiger partial charge in [0.15, 0.2) is 11.5 Å². The maximum atomic E-state index is 13.0. The summed E-state index contributed by atoms with van der Waals surface area (Å²) in [5, 5.41) is 5.86. The van der Waals surface area contributed by atoms with Crippen molar-refractivity contribution < 1.29 is 19.1 Å². The van der Waals surface area contributed by atoms with Gasteiger partial charge in [-0.1, -0.05) is 30.3 Å². The summed E-state index contributed by atoms with van der Waals surface area (Å²) in [5.74, 6) is 0.705. The molecule has 1 saturated carbocycles. The van der Waals surface area contributed by atoms with E-state index in [1.165, 1.54) is 0 Å². The summed E-state index contributed by atoms with van der Waals surface area (Å²) < 4.78 is 10.7. The second-order valence-electron chi connectivity index (χ2n) is 8.04. The highest BCUT2D eigenvalue weighted by Gasteiger charge is 2.25. The molecule has 2 amide bonds. The Balaban J connectivity index is 1.60. The second kappa shape index (κ2) is 10.1. The third kappa shape index (κ3) is 5.38. The van der Waals surface area contributed by atoms with Crippen molar-refractivity contribution in [2.24, 2.45) is 0 Å². The number of hydrogen-bond donors (Lipinski definition) is 3. The van der Waals surface area contributed by atoms with E-state index in [0.29, 0.717) is 39.6 Å². The summed E-state index contributed by atoms with van der Waals surface area (Å²) in [4.78, 5) is 25.7. The number of para-hydroxylation sites is 2. The first kappa shape index (κ1) is 22.9. The van der Waals surface area contributed by atoms with Crippen LogP contribution in [0.25, 0.3) is 11.6 Å². The van der Waals surface area contributed by atoms with Gasteiger partial charge in [0.2, 0.25) is 0 Å². The van der Waals surface area contributed by atoms with Gasteiger partial charge in [0.1, 0.15) is 0 Å². The van der Waals surface area contributed by atoms with Crippen molar-refractivity contribution >= 4 is 34.8 Å². The van der Waals surface area contributed by atoms with E-state index in [1.807, 2.05) is 18.2 Å². The van der Waals surface area contributed by atoms with Crippen LogP contribution in [0.5, 0.6) is 11.5 Å². The molecule has 0 radical (unpaired) electrons. The molecule has 0 aromatic heterocycles. The zero-order valence-corrected chi connectivity index (χ0v) is 19.1. The maximum Gasteiger partial charge on any atom is 0.255 e. The number of benzene rings is 3. The quantitative estimate of drug-likeness (QED) is 0.265. The van der Waals surface area contributed by atoms with Crippen molar-refractivity contribution in [1.29, 1.82) is 0 Å². The molecule has 7 nitrogen and oxygen atoms in total. The van der Waals surface area contributed by atoms with Crippen molar-refractivity contribution in [3.8, 4) is 11.5 Å². The first-order valence-corrected chi connectivity index (χ1v) is 11.0. The summed E-state index contributed by atoms with van der Waals surface area (Å²) in [5.41, 5.74) is 9.44. The van der Waals surface area contributed by atoms with Crippen LogP contribution in [0, 0.1) is 0 Å². The van der Waals surface area contributed by atoms with Gasteiger partial charge in [-0.3, -0.25) is 9.59 Å². The first-order chi connectivity index (χ1) is 16.5. The van der Waals surface area contributed by atoms with Crippen LogP contribution < -0.4 is 25.8 Å². The standard InChI is InChI=1S/C27H27N3O4/c1-33-24-14-11-19(16-25(24)34-2)21(27(32)29-20-12-13-20)15-17-7-9-18(10-8-17)26(31)30-23-6-4-3-5-22(23)28/h3-11,14-16,20H,12-13,28H2,1-2H3,(H,29,32)(H,30,31)/b21-15-. The Labute approximate surface area is 198 Å². The summed E-state index contributed by atoms with van der Waals surface area (Å²) in [6, 6.07) is 19.7. The lowest BCUT2D eigenvalue weighted by atomic mass is 10.0. The fourth-order valence-corrected chi connectivity index (χ4v) is 3.48. The van der Waals surface area contributed by atoms with Crippen LogP contribution in [-0.4, -0.2) is 32.1 Å². The molecule has 7 heteroatoms. The number of anilines is 2. The molecular formula is C27H27N3O4. The number of amides is 2. The van der Waals surface area contributed by atoms with Crippen molar-refractivity contribution in [2.45, 2.75) is 18.9 Å². The van der Waals surface area contributed by atoms with Crippen LogP contribution in [0.3, 0.4) is 0 Å². The topological polar surface area (TPSA) is 103 Å². The van der Waals surface area contributed by atoms with Gasteiger partial charge in [-0.15, -0.1) is 0 Å². The van der Waals surface area contributed by atoms with Gasteiger partial charge in [-0.2, -0.15) is 0 Å². The SMILES string of the molecule is COc1ccc(/C(=C/c2ccc(C(=O)Nc3ccccc3N)cc2)C(=O)NC2CC2)cc1OC. The Bertz CT molecular complexity index is 1230. The second-order valence-corrected chi connectivity index (χ2v) is 8.04. The molecule has 0 atom stereocenters. The molecule has 0 aliphatic heterocycles. The van der Waals surface area contributed by atoms with E-state index in [9.17, 15) is 9.59 Å². The molecular weight excluding hydrogens is 430 g/mol. The Kier molecular flexibility index (Phi) is 6.82.